The Hall–Kier alpha value is -2.41. The lowest BCUT2D eigenvalue weighted by atomic mass is 10.0. The summed E-state index contributed by atoms with van der Waals surface area (Å²) in [5.74, 6) is -0.483. The number of sulfonamides is 1. The highest BCUT2D eigenvalue weighted by molar-refractivity contribution is 7.92. The molecule has 0 unspecified atom stereocenters. The first-order chi connectivity index (χ1) is 12.4. The topological polar surface area (TPSA) is 66.5 Å². The summed E-state index contributed by atoms with van der Waals surface area (Å²) in [6.07, 6.45) is 1.67. The molecule has 138 valence electrons. The van der Waals surface area contributed by atoms with E-state index in [9.17, 15) is 17.6 Å². The summed E-state index contributed by atoms with van der Waals surface area (Å²) in [7, 11) is -3.30. The van der Waals surface area contributed by atoms with E-state index in [2.05, 4.69) is 5.32 Å². The fourth-order valence-corrected chi connectivity index (χ4v) is 4.27. The quantitative estimate of drug-likeness (QED) is 0.872. The number of hydrogen-bond acceptors (Lipinski definition) is 3. The molecular weight excluding hydrogens is 355 g/mol. The third kappa shape index (κ3) is 4.04. The molecule has 26 heavy (non-hydrogen) atoms. The molecule has 5 nitrogen and oxygen atoms in total. The molecule has 0 saturated carbocycles. The minimum Gasteiger partial charge on any atom is -0.326 e. The van der Waals surface area contributed by atoms with Crippen LogP contribution in [0.15, 0.2) is 42.5 Å². The predicted octanol–water partition coefficient (Wildman–Crippen LogP) is 3.11. The second-order valence-electron chi connectivity index (χ2n) is 6.27. The number of amides is 1. The molecule has 0 spiro atoms. The average molecular weight is 376 g/mol. The van der Waals surface area contributed by atoms with Gasteiger partial charge >= 0.3 is 0 Å². The van der Waals surface area contributed by atoms with Crippen LogP contribution in [-0.4, -0.2) is 26.6 Å². The minimum atomic E-state index is -3.30. The number of carbonyl (C=O) groups is 1. The molecule has 0 atom stereocenters. The van der Waals surface area contributed by atoms with Gasteiger partial charge in [-0.25, -0.2) is 12.8 Å². The van der Waals surface area contributed by atoms with Crippen molar-refractivity contribution in [2.24, 2.45) is 0 Å². The predicted molar refractivity (Wildman–Crippen MR) is 100 cm³/mol. The Morgan fingerprint density at radius 2 is 1.92 bits per heavy atom. The van der Waals surface area contributed by atoms with Gasteiger partial charge in [-0.05, 0) is 61.2 Å². The van der Waals surface area contributed by atoms with Crippen molar-refractivity contribution >= 4 is 27.3 Å². The lowest BCUT2D eigenvalue weighted by Gasteiger charge is -2.30. The summed E-state index contributed by atoms with van der Waals surface area (Å²) in [6.45, 7) is 2.12. The summed E-state index contributed by atoms with van der Waals surface area (Å²) in [4.78, 5) is 12.2. The van der Waals surface area contributed by atoms with Crippen molar-refractivity contribution in [3.63, 3.8) is 0 Å². The zero-order chi connectivity index (χ0) is 18.7. The number of hydrogen-bond donors (Lipinski definition) is 1. The van der Waals surface area contributed by atoms with E-state index in [4.69, 9.17) is 0 Å². The van der Waals surface area contributed by atoms with Crippen LogP contribution in [0.1, 0.15) is 24.5 Å². The highest BCUT2D eigenvalue weighted by atomic mass is 32.2. The number of carbonyl (C=O) groups excluding carboxylic acids is 1. The summed E-state index contributed by atoms with van der Waals surface area (Å²) in [5.41, 5.74) is 2.95. The number of fused-ring (bicyclic) bond motifs is 1. The van der Waals surface area contributed by atoms with Gasteiger partial charge in [-0.3, -0.25) is 9.10 Å². The van der Waals surface area contributed by atoms with Crippen LogP contribution < -0.4 is 9.62 Å². The number of halogens is 1. The summed E-state index contributed by atoms with van der Waals surface area (Å²) < 4.78 is 38.9. The molecule has 3 rings (SSSR count). The van der Waals surface area contributed by atoms with Crippen molar-refractivity contribution < 1.29 is 17.6 Å². The molecule has 1 N–H and O–H groups in total. The first kappa shape index (κ1) is 18.4. The van der Waals surface area contributed by atoms with Crippen molar-refractivity contribution in [3.05, 3.63) is 59.4 Å². The number of benzene rings is 2. The lowest BCUT2D eigenvalue weighted by Crippen LogP contribution is -2.36. The Labute approximate surface area is 152 Å². The molecule has 0 bridgehead atoms. The van der Waals surface area contributed by atoms with E-state index in [0.29, 0.717) is 17.9 Å². The molecule has 1 aliphatic heterocycles. The lowest BCUT2D eigenvalue weighted by molar-refractivity contribution is -0.115. The van der Waals surface area contributed by atoms with Gasteiger partial charge in [0.05, 0.1) is 17.9 Å². The number of nitrogens with zero attached hydrogens (tertiary/aromatic N) is 1. The number of aryl methyl sites for hydroxylation is 1. The van der Waals surface area contributed by atoms with Crippen molar-refractivity contribution in [1.29, 1.82) is 0 Å². The third-order valence-electron chi connectivity index (χ3n) is 4.42. The van der Waals surface area contributed by atoms with Crippen LogP contribution in [-0.2, 0) is 27.7 Å². The van der Waals surface area contributed by atoms with Crippen molar-refractivity contribution in [3.8, 4) is 0 Å². The van der Waals surface area contributed by atoms with Crippen LogP contribution in [0.2, 0.25) is 0 Å². The molecular formula is C19H21FN2O3S. The summed E-state index contributed by atoms with van der Waals surface area (Å²) >= 11 is 0. The number of rotatable bonds is 5. The maximum atomic E-state index is 12.9. The fourth-order valence-electron chi connectivity index (χ4n) is 3.08. The van der Waals surface area contributed by atoms with Gasteiger partial charge in [0.25, 0.3) is 0 Å². The minimum absolute atomic E-state index is 0.0581. The molecule has 7 heteroatoms. The second-order valence-corrected chi connectivity index (χ2v) is 8.45. The third-order valence-corrected chi connectivity index (χ3v) is 6.20. The van der Waals surface area contributed by atoms with Gasteiger partial charge in [-0.1, -0.05) is 12.1 Å². The highest BCUT2D eigenvalue weighted by Crippen LogP contribution is 2.31. The molecule has 0 aromatic heterocycles. The SMILES string of the molecule is CCS(=O)(=O)N1CCCc2cc(NC(=O)Cc3ccc(F)cc3)ccc21. The molecule has 2 aromatic rings. The van der Waals surface area contributed by atoms with Gasteiger partial charge in [-0.2, -0.15) is 0 Å². The number of anilines is 2. The van der Waals surface area contributed by atoms with Crippen LogP contribution in [0.4, 0.5) is 15.8 Å². The van der Waals surface area contributed by atoms with E-state index in [1.807, 2.05) is 6.07 Å². The van der Waals surface area contributed by atoms with E-state index in [1.54, 1.807) is 31.2 Å². The van der Waals surface area contributed by atoms with Crippen LogP contribution in [0, 0.1) is 5.82 Å². The van der Waals surface area contributed by atoms with Gasteiger partial charge in [0.2, 0.25) is 15.9 Å². The van der Waals surface area contributed by atoms with Crippen LogP contribution in [0.5, 0.6) is 0 Å². The smallest absolute Gasteiger partial charge is 0.234 e. The Morgan fingerprint density at radius 3 is 2.62 bits per heavy atom. The van der Waals surface area contributed by atoms with Gasteiger partial charge in [0.1, 0.15) is 5.82 Å². The van der Waals surface area contributed by atoms with Crippen LogP contribution in [0.25, 0.3) is 0 Å². The van der Waals surface area contributed by atoms with E-state index in [0.717, 1.165) is 24.0 Å². The largest absolute Gasteiger partial charge is 0.326 e. The van der Waals surface area contributed by atoms with Crippen molar-refractivity contribution in [2.45, 2.75) is 26.2 Å². The first-order valence-corrected chi connectivity index (χ1v) is 10.2. The molecule has 0 fully saturated rings. The molecule has 1 aliphatic rings. The molecule has 2 aromatic carbocycles. The Morgan fingerprint density at radius 1 is 1.19 bits per heavy atom. The Balaban J connectivity index is 1.74. The molecule has 1 heterocycles. The van der Waals surface area contributed by atoms with Crippen LogP contribution in [0.3, 0.4) is 0 Å². The van der Waals surface area contributed by atoms with Crippen molar-refractivity contribution in [1.82, 2.24) is 0 Å². The average Bonchev–Trinajstić information content (AvgIpc) is 2.63. The standard InChI is InChI=1S/C19H21FN2O3S/c1-2-26(24,25)22-11-3-4-15-13-17(9-10-18(15)22)21-19(23)12-14-5-7-16(20)8-6-14/h5-10,13H,2-4,11-12H2,1H3,(H,21,23). The van der Waals surface area contributed by atoms with E-state index >= 15 is 0 Å². The Kier molecular flexibility index (Phi) is 5.27. The van der Waals surface area contributed by atoms with Gasteiger partial charge in [-0.15, -0.1) is 0 Å². The van der Waals surface area contributed by atoms with Gasteiger partial charge < -0.3 is 5.32 Å². The molecule has 0 radical (unpaired) electrons. The summed E-state index contributed by atoms with van der Waals surface area (Å²) in [6, 6.07) is 11.1. The first-order valence-electron chi connectivity index (χ1n) is 8.56. The zero-order valence-corrected chi connectivity index (χ0v) is 15.4. The normalized spacial score (nSPS) is 14.0. The van der Waals surface area contributed by atoms with Gasteiger partial charge in [0.15, 0.2) is 0 Å². The zero-order valence-electron chi connectivity index (χ0n) is 14.5. The van der Waals surface area contributed by atoms with Crippen LogP contribution >= 0.6 is 0 Å². The van der Waals surface area contributed by atoms with Gasteiger partial charge in [0, 0.05) is 12.2 Å². The highest BCUT2D eigenvalue weighted by Gasteiger charge is 2.26. The Bertz CT molecular complexity index is 911. The molecule has 1 amide bonds. The number of nitrogens with one attached hydrogen (secondary N) is 1. The molecule has 0 aliphatic carbocycles. The molecule has 0 saturated heterocycles. The van der Waals surface area contributed by atoms with E-state index in [1.165, 1.54) is 16.4 Å². The fraction of sp³-hybridized carbons (Fsp3) is 0.316. The monoisotopic (exact) mass is 376 g/mol. The second kappa shape index (κ2) is 7.45. The van der Waals surface area contributed by atoms with E-state index < -0.39 is 10.0 Å². The maximum Gasteiger partial charge on any atom is 0.234 e. The van der Waals surface area contributed by atoms with E-state index in [-0.39, 0.29) is 23.9 Å². The summed E-state index contributed by atoms with van der Waals surface area (Å²) in [5, 5.41) is 2.82. The van der Waals surface area contributed by atoms with Crippen molar-refractivity contribution in [2.75, 3.05) is 21.9 Å². The maximum absolute atomic E-state index is 12.9.